The molecule has 0 spiro atoms. The summed E-state index contributed by atoms with van der Waals surface area (Å²) in [5.41, 5.74) is 1.25. The Balaban J connectivity index is 2.27. The maximum absolute atomic E-state index is 12.4. The fourth-order valence-corrected chi connectivity index (χ4v) is 2.90. The van der Waals surface area contributed by atoms with Crippen molar-refractivity contribution in [1.82, 2.24) is 0 Å². The molecule has 0 aliphatic carbocycles. The monoisotopic (exact) mass is 489 g/mol. The zero-order valence-electron chi connectivity index (χ0n) is 12.9. The molecular weight excluding hydrogens is 473 g/mol. The average molecular weight is 490 g/mol. The largest absolute Gasteiger partial charge is 0.490 e. The molecule has 23 heavy (non-hydrogen) atoms. The van der Waals surface area contributed by atoms with Crippen molar-refractivity contribution >= 4 is 50.1 Å². The Hall–Kier alpha value is -1.28. The highest BCUT2D eigenvalue weighted by Gasteiger charge is 2.16. The summed E-state index contributed by atoms with van der Waals surface area (Å²) in [6.07, 6.45) is 0. The molecule has 0 bridgehead atoms. The first kappa shape index (κ1) is 18.1. The molecule has 2 aromatic rings. The molecule has 2 rings (SSSR count). The number of amides is 1. The molecule has 6 heteroatoms. The van der Waals surface area contributed by atoms with Crippen molar-refractivity contribution in [2.45, 2.75) is 13.8 Å². The van der Waals surface area contributed by atoms with Crippen LogP contribution in [0.5, 0.6) is 11.5 Å². The van der Waals surface area contributed by atoms with Crippen LogP contribution in [0, 0.1) is 3.57 Å². The van der Waals surface area contributed by atoms with E-state index in [1.165, 1.54) is 0 Å². The van der Waals surface area contributed by atoms with Crippen LogP contribution in [0.1, 0.15) is 24.2 Å². The van der Waals surface area contributed by atoms with Gasteiger partial charge in [-0.1, -0.05) is 0 Å². The fraction of sp³-hybridized carbons (Fsp3) is 0.235. The van der Waals surface area contributed by atoms with Gasteiger partial charge in [0.25, 0.3) is 5.91 Å². The second kappa shape index (κ2) is 8.54. The van der Waals surface area contributed by atoms with Crippen molar-refractivity contribution in [3.63, 3.8) is 0 Å². The zero-order chi connectivity index (χ0) is 16.8. The van der Waals surface area contributed by atoms with E-state index < -0.39 is 0 Å². The van der Waals surface area contributed by atoms with Crippen LogP contribution in [0.25, 0.3) is 0 Å². The predicted octanol–water partition coefficient (Wildman–Crippen LogP) is 5.10. The molecule has 0 fully saturated rings. The third kappa shape index (κ3) is 4.84. The first-order valence-corrected chi connectivity index (χ1v) is 9.08. The third-order valence-corrected chi connectivity index (χ3v) is 4.27. The summed E-state index contributed by atoms with van der Waals surface area (Å²) >= 11 is 5.67. The Labute approximate surface area is 157 Å². The normalized spacial score (nSPS) is 10.3. The number of benzene rings is 2. The highest BCUT2D eigenvalue weighted by molar-refractivity contribution is 14.1. The summed E-state index contributed by atoms with van der Waals surface area (Å²) in [5.74, 6) is 0.965. The van der Waals surface area contributed by atoms with Gasteiger partial charge in [-0.2, -0.15) is 0 Å². The van der Waals surface area contributed by atoms with Crippen LogP contribution in [-0.4, -0.2) is 19.1 Å². The molecule has 0 saturated heterocycles. The molecule has 0 saturated carbocycles. The van der Waals surface area contributed by atoms with E-state index in [9.17, 15) is 4.79 Å². The minimum atomic E-state index is -0.198. The number of hydrogen-bond donors (Lipinski definition) is 1. The molecule has 0 aliphatic rings. The molecule has 4 nitrogen and oxygen atoms in total. The summed E-state index contributed by atoms with van der Waals surface area (Å²) in [4.78, 5) is 12.4. The van der Waals surface area contributed by atoms with Gasteiger partial charge in [0.15, 0.2) is 11.5 Å². The maximum atomic E-state index is 12.4. The SMILES string of the molecule is CCOc1cc(C(=O)Nc2ccc(I)cc2)cc(Br)c1OCC. The number of anilines is 1. The Kier molecular flexibility index (Phi) is 6.71. The molecule has 2 aromatic carbocycles. The van der Waals surface area contributed by atoms with Gasteiger partial charge >= 0.3 is 0 Å². The average Bonchev–Trinajstić information content (AvgIpc) is 2.53. The van der Waals surface area contributed by atoms with Gasteiger partial charge in [-0.25, -0.2) is 0 Å². The van der Waals surface area contributed by atoms with Crippen molar-refractivity contribution in [1.29, 1.82) is 0 Å². The van der Waals surface area contributed by atoms with E-state index in [1.54, 1.807) is 12.1 Å². The summed E-state index contributed by atoms with van der Waals surface area (Å²) in [7, 11) is 0. The Morgan fingerprint density at radius 1 is 1.13 bits per heavy atom. The van der Waals surface area contributed by atoms with E-state index in [2.05, 4.69) is 43.8 Å². The van der Waals surface area contributed by atoms with Gasteiger partial charge in [-0.3, -0.25) is 4.79 Å². The number of hydrogen-bond acceptors (Lipinski definition) is 3. The van der Waals surface area contributed by atoms with Crippen LogP contribution < -0.4 is 14.8 Å². The van der Waals surface area contributed by atoms with Gasteiger partial charge in [0.1, 0.15) is 0 Å². The van der Waals surface area contributed by atoms with Crippen molar-refractivity contribution in [3.8, 4) is 11.5 Å². The van der Waals surface area contributed by atoms with Crippen LogP contribution in [0.2, 0.25) is 0 Å². The lowest BCUT2D eigenvalue weighted by atomic mass is 10.1. The second-order valence-electron chi connectivity index (χ2n) is 4.61. The quantitative estimate of drug-likeness (QED) is 0.574. The molecule has 122 valence electrons. The molecule has 0 radical (unpaired) electrons. The summed E-state index contributed by atoms with van der Waals surface area (Å²) in [6.45, 7) is 4.81. The van der Waals surface area contributed by atoms with Gasteiger partial charge in [-0.05, 0) is 88.8 Å². The zero-order valence-corrected chi connectivity index (χ0v) is 16.6. The van der Waals surface area contributed by atoms with Crippen LogP contribution in [0.3, 0.4) is 0 Å². The topological polar surface area (TPSA) is 47.6 Å². The smallest absolute Gasteiger partial charge is 0.255 e. The van der Waals surface area contributed by atoms with E-state index in [4.69, 9.17) is 9.47 Å². The van der Waals surface area contributed by atoms with E-state index in [0.717, 1.165) is 9.26 Å². The lowest BCUT2D eigenvalue weighted by molar-refractivity contribution is 0.102. The Bertz CT molecular complexity index is 689. The van der Waals surface area contributed by atoms with Gasteiger partial charge in [0, 0.05) is 14.8 Å². The van der Waals surface area contributed by atoms with E-state index in [1.807, 2.05) is 38.1 Å². The molecular formula is C17H17BrINO3. The van der Waals surface area contributed by atoms with Crippen LogP contribution in [0.15, 0.2) is 40.9 Å². The molecule has 1 amide bonds. The van der Waals surface area contributed by atoms with Gasteiger partial charge in [0.2, 0.25) is 0 Å². The van der Waals surface area contributed by atoms with Crippen molar-refractivity contribution in [2.75, 3.05) is 18.5 Å². The number of nitrogens with one attached hydrogen (secondary N) is 1. The Morgan fingerprint density at radius 2 is 1.78 bits per heavy atom. The minimum Gasteiger partial charge on any atom is -0.490 e. The minimum absolute atomic E-state index is 0.198. The lowest BCUT2D eigenvalue weighted by Crippen LogP contribution is -2.12. The van der Waals surface area contributed by atoms with Crippen LogP contribution >= 0.6 is 38.5 Å². The highest BCUT2D eigenvalue weighted by Crippen LogP contribution is 2.37. The van der Waals surface area contributed by atoms with Crippen molar-refractivity contribution in [3.05, 3.63) is 50.0 Å². The third-order valence-electron chi connectivity index (χ3n) is 2.96. The second-order valence-corrected chi connectivity index (χ2v) is 6.71. The number of carbonyl (C=O) groups excluding carboxylic acids is 1. The van der Waals surface area contributed by atoms with Crippen molar-refractivity contribution < 1.29 is 14.3 Å². The fourth-order valence-electron chi connectivity index (χ4n) is 1.98. The van der Waals surface area contributed by atoms with Gasteiger partial charge in [0.05, 0.1) is 17.7 Å². The summed E-state index contributed by atoms with van der Waals surface area (Å²) in [5, 5.41) is 2.87. The lowest BCUT2D eigenvalue weighted by Gasteiger charge is -2.14. The molecule has 0 heterocycles. The van der Waals surface area contributed by atoms with E-state index in [0.29, 0.717) is 34.7 Å². The summed E-state index contributed by atoms with van der Waals surface area (Å²) < 4.78 is 13.0. The molecule has 0 unspecified atom stereocenters. The highest BCUT2D eigenvalue weighted by atomic mass is 127. The Morgan fingerprint density at radius 3 is 2.39 bits per heavy atom. The van der Waals surface area contributed by atoms with Crippen LogP contribution in [0.4, 0.5) is 5.69 Å². The maximum Gasteiger partial charge on any atom is 0.255 e. The number of ether oxygens (including phenoxy) is 2. The van der Waals surface area contributed by atoms with E-state index >= 15 is 0 Å². The van der Waals surface area contributed by atoms with Gasteiger partial charge < -0.3 is 14.8 Å². The molecule has 0 atom stereocenters. The van der Waals surface area contributed by atoms with Crippen molar-refractivity contribution in [2.24, 2.45) is 0 Å². The first-order valence-electron chi connectivity index (χ1n) is 7.21. The number of halogens is 2. The molecule has 0 aliphatic heterocycles. The molecule has 1 N–H and O–H groups in total. The van der Waals surface area contributed by atoms with E-state index in [-0.39, 0.29) is 5.91 Å². The number of rotatable bonds is 6. The van der Waals surface area contributed by atoms with Gasteiger partial charge in [-0.15, -0.1) is 0 Å². The molecule has 0 aromatic heterocycles. The number of carbonyl (C=O) groups is 1. The first-order chi connectivity index (χ1) is 11.0. The summed E-state index contributed by atoms with van der Waals surface area (Å²) in [6, 6.07) is 11.0. The standard InChI is InChI=1S/C17H17BrINO3/c1-3-22-15-10-11(9-14(18)16(15)23-4-2)17(21)20-13-7-5-12(19)6-8-13/h5-10H,3-4H2,1-2H3,(H,20,21). The predicted molar refractivity (Wildman–Crippen MR) is 104 cm³/mol. The van der Waals surface area contributed by atoms with Crippen LogP contribution in [-0.2, 0) is 0 Å².